The predicted molar refractivity (Wildman–Crippen MR) is 103 cm³/mol. The van der Waals surface area contributed by atoms with E-state index in [0.29, 0.717) is 28.8 Å². The zero-order valence-corrected chi connectivity index (χ0v) is 15.2. The monoisotopic (exact) mass is 372 g/mol. The first-order valence-corrected chi connectivity index (χ1v) is 8.60. The third-order valence-electron chi connectivity index (χ3n) is 4.50. The minimum Gasteiger partial charge on any atom is -0.507 e. The van der Waals surface area contributed by atoms with E-state index in [9.17, 15) is 14.7 Å². The number of aldehydes is 1. The van der Waals surface area contributed by atoms with Crippen molar-refractivity contribution >= 4 is 23.2 Å². The van der Waals surface area contributed by atoms with Crippen molar-refractivity contribution in [2.24, 2.45) is 0 Å². The number of hydrogen-bond acceptors (Lipinski definition) is 6. The van der Waals surface area contributed by atoms with E-state index >= 15 is 0 Å². The lowest BCUT2D eigenvalue weighted by molar-refractivity contribution is 0.0944. The molecular weight excluding hydrogens is 356 g/mol. The number of rotatable bonds is 3. The van der Waals surface area contributed by atoms with Crippen LogP contribution in [0.4, 0.5) is 0 Å². The summed E-state index contributed by atoms with van der Waals surface area (Å²) in [6, 6.07) is 10.3. The highest BCUT2D eigenvalue weighted by molar-refractivity contribution is 6.00. The molecule has 0 spiro atoms. The van der Waals surface area contributed by atoms with Crippen LogP contribution in [0.2, 0.25) is 0 Å². The maximum atomic E-state index is 13.0. The van der Waals surface area contributed by atoms with Crippen LogP contribution >= 0.6 is 0 Å². The molecule has 7 heteroatoms. The summed E-state index contributed by atoms with van der Waals surface area (Å²) in [5.74, 6) is -0.432. The SMILES string of the molecule is Cc1ccc(O)c(-c2nn(C(=O)c3cc4cccnc4nc3C)cc2C=O)c1. The number of nitrogens with zero attached hydrogens (tertiary/aromatic N) is 4. The Kier molecular flexibility index (Phi) is 4.19. The minimum atomic E-state index is -0.419. The van der Waals surface area contributed by atoms with Crippen LogP contribution in [0.1, 0.15) is 32.0 Å². The van der Waals surface area contributed by atoms with Gasteiger partial charge in [0.05, 0.1) is 16.8 Å². The smallest absolute Gasteiger partial charge is 0.280 e. The van der Waals surface area contributed by atoms with E-state index in [1.807, 2.05) is 13.0 Å². The molecular formula is C21H16N4O3. The summed E-state index contributed by atoms with van der Waals surface area (Å²) in [5, 5.41) is 15.2. The fourth-order valence-corrected chi connectivity index (χ4v) is 3.06. The summed E-state index contributed by atoms with van der Waals surface area (Å²) in [4.78, 5) is 33.1. The molecule has 0 aliphatic rings. The Morgan fingerprint density at radius 2 is 2.00 bits per heavy atom. The number of fused-ring (bicyclic) bond motifs is 1. The molecule has 3 heterocycles. The van der Waals surface area contributed by atoms with Crippen LogP contribution in [0.25, 0.3) is 22.3 Å². The van der Waals surface area contributed by atoms with Crippen molar-refractivity contribution in [3.05, 3.63) is 71.2 Å². The fraction of sp³-hybridized carbons (Fsp3) is 0.0952. The van der Waals surface area contributed by atoms with Gasteiger partial charge in [0.25, 0.3) is 5.91 Å². The van der Waals surface area contributed by atoms with Gasteiger partial charge in [-0.2, -0.15) is 5.10 Å². The molecule has 0 saturated heterocycles. The second-order valence-electron chi connectivity index (χ2n) is 6.49. The van der Waals surface area contributed by atoms with Gasteiger partial charge in [-0.15, -0.1) is 0 Å². The van der Waals surface area contributed by atoms with E-state index in [1.54, 1.807) is 37.4 Å². The molecule has 0 bridgehead atoms. The second kappa shape index (κ2) is 6.70. The highest BCUT2D eigenvalue weighted by Gasteiger charge is 2.20. The summed E-state index contributed by atoms with van der Waals surface area (Å²) in [6.45, 7) is 3.59. The Hall–Kier alpha value is -3.87. The molecule has 0 radical (unpaired) electrons. The van der Waals surface area contributed by atoms with Crippen LogP contribution in [0, 0.1) is 13.8 Å². The number of hydrogen-bond donors (Lipinski definition) is 1. The third kappa shape index (κ3) is 2.92. The van der Waals surface area contributed by atoms with Gasteiger partial charge in [-0.25, -0.2) is 14.6 Å². The van der Waals surface area contributed by atoms with Gasteiger partial charge in [-0.3, -0.25) is 9.59 Å². The van der Waals surface area contributed by atoms with Gasteiger partial charge in [0.1, 0.15) is 11.4 Å². The van der Waals surface area contributed by atoms with Crippen LogP contribution in [0.5, 0.6) is 5.75 Å². The van der Waals surface area contributed by atoms with Crippen molar-refractivity contribution in [3.8, 4) is 17.0 Å². The summed E-state index contributed by atoms with van der Waals surface area (Å²) in [6.07, 6.45) is 3.61. The summed E-state index contributed by atoms with van der Waals surface area (Å²) < 4.78 is 1.10. The molecule has 138 valence electrons. The Bertz CT molecular complexity index is 1240. The number of pyridine rings is 2. The highest BCUT2D eigenvalue weighted by atomic mass is 16.3. The van der Waals surface area contributed by atoms with E-state index in [1.165, 1.54) is 12.3 Å². The number of benzene rings is 1. The largest absolute Gasteiger partial charge is 0.507 e. The molecule has 4 rings (SSSR count). The van der Waals surface area contributed by atoms with Crippen LogP contribution < -0.4 is 0 Å². The van der Waals surface area contributed by atoms with Gasteiger partial charge < -0.3 is 5.11 Å². The van der Waals surface area contributed by atoms with Crippen molar-refractivity contribution in [3.63, 3.8) is 0 Å². The molecule has 0 atom stereocenters. The van der Waals surface area contributed by atoms with Crippen LogP contribution in [0.15, 0.2) is 48.8 Å². The van der Waals surface area contributed by atoms with Crippen molar-refractivity contribution < 1.29 is 14.7 Å². The number of carbonyl (C=O) groups excluding carboxylic acids is 2. The average molecular weight is 372 g/mol. The summed E-state index contributed by atoms with van der Waals surface area (Å²) in [7, 11) is 0. The number of phenols is 1. The molecule has 1 aromatic carbocycles. The van der Waals surface area contributed by atoms with Crippen LogP contribution in [-0.4, -0.2) is 37.0 Å². The van der Waals surface area contributed by atoms with Gasteiger partial charge in [-0.05, 0) is 44.2 Å². The maximum Gasteiger partial charge on any atom is 0.280 e. The number of carbonyl (C=O) groups is 2. The molecule has 0 aliphatic heterocycles. The fourth-order valence-electron chi connectivity index (χ4n) is 3.06. The molecule has 0 aliphatic carbocycles. The lowest BCUT2D eigenvalue weighted by Crippen LogP contribution is -2.15. The minimum absolute atomic E-state index is 0.0129. The second-order valence-corrected chi connectivity index (χ2v) is 6.49. The molecule has 7 nitrogen and oxygen atoms in total. The van der Waals surface area contributed by atoms with Gasteiger partial charge in [0, 0.05) is 23.3 Å². The lowest BCUT2D eigenvalue weighted by Gasteiger charge is -2.06. The van der Waals surface area contributed by atoms with Crippen molar-refractivity contribution in [1.82, 2.24) is 19.7 Å². The molecule has 0 saturated carbocycles. The highest BCUT2D eigenvalue weighted by Crippen LogP contribution is 2.31. The van der Waals surface area contributed by atoms with E-state index in [-0.39, 0.29) is 17.0 Å². The molecule has 0 amide bonds. The number of aromatic nitrogens is 4. The van der Waals surface area contributed by atoms with E-state index in [2.05, 4.69) is 15.1 Å². The molecule has 4 aromatic rings. The maximum absolute atomic E-state index is 13.0. The van der Waals surface area contributed by atoms with Crippen molar-refractivity contribution in [2.75, 3.05) is 0 Å². The zero-order valence-electron chi connectivity index (χ0n) is 15.2. The molecule has 0 fully saturated rings. The zero-order chi connectivity index (χ0) is 19.8. The van der Waals surface area contributed by atoms with Crippen LogP contribution in [-0.2, 0) is 0 Å². The van der Waals surface area contributed by atoms with Gasteiger partial charge in [-0.1, -0.05) is 11.6 Å². The standard InChI is InChI=1S/C21H16N4O3/c1-12-5-6-18(27)17(8-12)19-15(11-26)10-25(24-19)21(28)16-9-14-4-3-7-22-20(14)23-13(16)2/h3-11,27H,1-2H3. The third-order valence-corrected chi connectivity index (χ3v) is 4.50. The van der Waals surface area contributed by atoms with Gasteiger partial charge in [0.2, 0.25) is 0 Å². The number of phenolic OH excluding ortho intramolecular Hbond substituents is 1. The molecule has 1 N–H and O–H groups in total. The van der Waals surface area contributed by atoms with Crippen molar-refractivity contribution in [2.45, 2.75) is 13.8 Å². The Balaban J connectivity index is 1.83. The average Bonchev–Trinajstić information content (AvgIpc) is 3.13. The quantitative estimate of drug-likeness (QED) is 0.554. The van der Waals surface area contributed by atoms with E-state index in [0.717, 1.165) is 15.6 Å². The lowest BCUT2D eigenvalue weighted by atomic mass is 10.1. The van der Waals surface area contributed by atoms with Crippen molar-refractivity contribution in [1.29, 1.82) is 0 Å². The normalized spacial score (nSPS) is 10.9. The number of aromatic hydroxyl groups is 1. The topological polar surface area (TPSA) is 98.0 Å². The predicted octanol–water partition coefficient (Wildman–Crippen LogP) is 3.32. The summed E-state index contributed by atoms with van der Waals surface area (Å²) >= 11 is 0. The first-order valence-electron chi connectivity index (χ1n) is 8.60. The Morgan fingerprint density at radius 3 is 2.79 bits per heavy atom. The number of aryl methyl sites for hydroxylation is 2. The van der Waals surface area contributed by atoms with E-state index in [4.69, 9.17) is 0 Å². The molecule has 3 aromatic heterocycles. The van der Waals surface area contributed by atoms with Gasteiger partial charge in [0.15, 0.2) is 11.9 Å². The molecule has 28 heavy (non-hydrogen) atoms. The summed E-state index contributed by atoms with van der Waals surface area (Å²) in [5.41, 5.74) is 3.18. The van der Waals surface area contributed by atoms with E-state index < -0.39 is 5.91 Å². The molecule has 0 unspecified atom stereocenters. The first-order chi connectivity index (χ1) is 13.5. The van der Waals surface area contributed by atoms with Gasteiger partial charge >= 0.3 is 0 Å². The Morgan fingerprint density at radius 1 is 1.18 bits per heavy atom. The van der Waals surface area contributed by atoms with Crippen LogP contribution in [0.3, 0.4) is 0 Å². The Labute approximate surface area is 160 Å². The first kappa shape index (κ1) is 17.5.